The first-order valence-corrected chi connectivity index (χ1v) is 5.43. The molecule has 0 bridgehead atoms. The van der Waals surface area contributed by atoms with Crippen LogP contribution in [0.15, 0.2) is 27.1 Å². The Kier molecular flexibility index (Phi) is 2.49. The van der Waals surface area contributed by atoms with E-state index >= 15 is 0 Å². The summed E-state index contributed by atoms with van der Waals surface area (Å²) >= 11 is 9.21. The number of hydrogen-bond donors (Lipinski definition) is 1. The van der Waals surface area contributed by atoms with E-state index in [-0.39, 0.29) is 11.9 Å². The fourth-order valence-corrected chi connectivity index (χ4v) is 2.08. The van der Waals surface area contributed by atoms with Crippen LogP contribution in [0.4, 0.5) is 10.7 Å². The predicted octanol–water partition coefficient (Wildman–Crippen LogP) is 3.96. The standard InChI is InChI=1S/C10H7BrClNO3/c1-13(10(14)15)8-3-5-2-6(11)4-7(12)9(5)16-8/h2-4H,1H3,(H,14,15)/i3D. The second-order valence-corrected chi connectivity index (χ2v) is 4.46. The van der Waals surface area contributed by atoms with Crippen molar-refractivity contribution in [3.05, 3.63) is 27.7 Å². The van der Waals surface area contributed by atoms with E-state index in [1.807, 2.05) is 0 Å². The van der Waals surface area contributed by atoms with Crippen molar-refractivity contribution in [2.24, 2.45) is 0 Å². The molecule has 0 saturated heterocycles. The zero-order chi connectivity index (χ0) is 12.7. The maximum absolute atomic E-state index is 10.8. The van der Waals surface area contributed by atoms with Gasteiger partial charge < -0.3 is 9.52 Å². The monoisotopic (exact) mass is 304 g/mol. The largest absolute Gasteiger partial charge is 0.465 e. The molecular formula is C10H7BrClNO3. The highest BCUT2D eigenvalue weighted by Crippen LogP contribution is 2.33. The Morgan fingerprint density at radius 2 is 2.38 bits per heavy atom. The van der Waals surface area contributed by atoms with Gasteiger partial charge in [0.25, 0.3) is 0 Å². The van der Waals surface area contributed by atoms with E-state index in [1.165, 1.54) is 7.05 Å². The smallest absolute Gasteiger partial charge is 0.413 e. The van der Waals surface area contributed by atoms with Gasteiger partial charge >= 0.3 is 6.09 Å². The van der Waals surface area contributed by atoms with E-state index in [1.54, 1.807) is 12.1 Å². The van der Waals surface area contributed by atoms with Crippen molar-refractivity contribution in [1.29, 1.82) is 0 Å². The lowest BCUT2D eigenvalue weighted by Crippen LogP contribution is -2.22. The summed E-state index contributed by atoms with van der Waals surface area (Å²) in [5, 5.41) is 9.64. The zero-order valence-corrected chi connectivity index (χ0v) is 10.5. The van der Waals surface area contributed by atoms with E-state index in [9.17, 15) is 4.79 Å². The number of carboxylic acid groups (broad SMARTS) is 1. The molecule has 0 atom stereocenters. The van der Waals surface area contributed by atoms with Crippen molar-refractivity contribution in [1.82, 2.24) is 0 Å². The van der Waals surface area contributed by atoms with E-state index in [0.717, 1.165) is 4.90 Å². The Hall–Kier alpha value is -1.20. The lowest BCUT2D eigenvalue weighted by atomic mass is 10.2. The highest BCUT2D eigenvalue weighted by Gasteiger charge is 2.15. The minimum absolute atomic E-state index is 0.00639. The molecule has 0 aliphatic carbocycles. The molecule has 2 aromatic rings. The van der Waals surface area contributed by atoms with Crippen LogP contribution < -0.4 is 4.90 Å². The number of fused-ring (bicyclic) bond motifs is 1. The van der Waals surface area contributed by atoms with Gasteiger partial charge in [-0.3, -0.25) is 4.90 Å². The van der Waals surface area contributed by atoms with E-state index in [2.05, 4.69) is 15.9 Å². The van der Waals surface area contributed by atoms with Crippen molar-refractivity contribution in [2.75, 3.05) is 11.9 Å². The van der Waals surface area contributed by atoms with Crippen LogP contribution in [0.5, 0.6) is 0 Å². The third kappa shape index (κ3) is 1.88. The Balaban J connectivity index is 2.73. The van der Waals surface area contributed by atoms with E-state index in [0.29, 0.717) is 20.5 Å². The first kappa shape index (κ1) is 9.99. The van der Waals surface area contributed by atoms with Crippen molar-refractivity contribution in [3.63, 3.8) is 0 Å². The van der Waals surface area contributed by atoms with Crippen LogP contribution in [-0.4, -0.2) is 18.2 Å². The molecule has 0 radical (unpaired) electrons. The van der Waals surface area contributed by atoms with Crippen LogP contribution in [0.2, 0.25) is 5.02 Å². The summed E-state index contributed by atoms with van der Waals surface area (Å²) in [7, 11) is 1.31. The molecule has 0 spiro atoms. The number of amides is 1. The average Bonchev–Trinajstić information content (AvgIpc) is 2.56. The number of halogens is 2. The second-order valence-electron chi connectivity index (χ2n) is 3.14. The van der Waals surface area contributed by atoms with Gasteiger partial charge in [0.1, 0.15) is 0 Å². The minimum atomic E-state index is -1.20. The van der Waals surface area contributed by atoms with Crippen LogP contribution >= 0.6 is 27.5 Å². The molecule has 4 nitrogen and oxygen atoms in total. The molecule has 1 heterocycles. The van der Waals surface area contributed by atoms with E-state index < -0.39 is 6.09 Å². The Bertz CT molecular complexity index is 613. The zero-order valence-electron chi connectivity index (χ0n) is 9.12. The molecule has 0 aliphatic rings. The van der Waals surface area contributed by atoms with Gasteiger partial charge in [0, 0.05) is 22.9 Å². The van der Waals surface area contributed by atoms with Gasteiger partial charge in [0.15, 0.2) is 5.58 Å². The van der Waals surface area contributed by atoms with Gasteiger partial charge in [-0.15, -0.1) is 0 Å². The molecule has 1 aromatic heterocycles. The summed E-state index contributed by atoms with van der Waals surface area (Å²) in [5.41, 5.74) is 0.308. The molecule has 1 N–H and O–H groups in total. The highest BCUT2D eigenvalue weighted by atomic mass is 79.9. The number of carbonyl (C=O) groups is 1. The van der Waals surface area contributed by atoms with Crippen LogP contribution in [-0.2, 0) is 0 Å². The lowest BCUT2D eigenvalue weighted by molar-refractivity contribution is 0.202. The molecule has 1 amide bonds. The predicted molar refractivity (Wildman–Crippen MR) is 65.4 cm³/mol. The highest BCUT2D eigenvalue weighted by molar-refractivity contribution is 9.10. The fraction of sp³-hybridized carbons (Fsp3) is 0.100. The van der Waals surface area contributed by atoms with Crippen molar-refractivity contribution in [3.8, 4) is 0 Å². The lowest BCUT2D eigenvalue weighted by Gasteiger charge is -2.07. The maximum Gasteiger partial charge on any atom is 0.413 e. The molecule has 1 aromatic carbocycles. The van der Waals surface area contributed by atoms with Gasteiger partial charge in [-0.25, -0.2) is 4.79 Å². The number of furan rings is 1. The number of benzene rings is 1. The molecular weight excluding hydrogens is 297 g/mol. The van der Waals surface area contributed by atoms with Crippen LogP contribution in [0, 0.1) is 0 Å². The van der Waals surface area contributed by atoms with Gasteiger partial charge in [0.2, 0.25) is 5.88 Å². The maximum atomic E-state index is 10.8. The van der Waals surface area contributed by atoms with Crippen LogP contribution in [0.3, 0.4) is 0 Å². The Morgan fingerprint density at radius 1 is 1.69 bits per heavy atom. The Morgan fingerprint density at radius 3 is 3.00 bits per heavy atom. The van der Waals surface area contributed by atoms with Gasteiger partial charge in [0.05, 0.1) is 6.39 Å². The summed E-state index contributed by atoms with van der Waals surface area (Å²) < 4.78 is 13.9. The van der Waals surface area contributed by atoms with E-state index in [4.69, 9.17) is 22.5 Å². The topological polar surface area (TPSA) is 53.7 Å². The number of rotatable bonds is 1. The summed E-state index contributed by atoms with van der Waals surface area (Å²) in [4.78, 5) is 11.7. The molecule has 2 rings (SSSR count). The van der Waals surface area contributed by atoms with Crippen molar-refractivity contribution in [2.45, 2.75) is 0 Å². The van der Waals surface area contributed by atoms with Crippen molar-refractivity contribution >= 4 is 50.5 Å². The fourth-order valence-electron chi connectivity index (χ4n) is 1.23. The van der Waals surface area contributed by atoms with Gasteiger partial charge in [-0.05, 0) is 12.1 Å². The third-order valence-electron chi connectivity index (χ3n) is 2.04. The third-order valence-corrected chi connectivity index (χ3v) is 2.78. The number of nitrogens with zero attached hydrogens (tertiary/aromatic N) is 1. The van der Waals surface area contributed by atoms with Crippen LogP contribution in [0.1, 0.15) is 1.37 Å². The number of anilines is 1. The first-order valence-electron chi connectivity index (χ1n) is 4.76. The molecule has 0 unspecified atom stereocenters. The summed E-state index contributed by atoms with van der Waals surface area (Å²) in [6.45, 7) is 0. The summed E-state index contributed by atoms with van der Waals surface area (Å²) in [5.74, 6) is -0.0486. The molecule has 0 fully saturated rings. The number of hydrogen-bond acceptors (Lipinski definition) is 2. The minimum Gasteiger partial charge on any atom is -0.465 e. The average molecular weight is 306 g/mol. The Labute approximate surface area is 106 Å². The molecule has 0 aliphatic heterocycles. The molecule has 16 heavy (non-hydrogen) atoms. The van der Waals surface area contributed by atoms with Gasteiger partial charge in [-0.2, -0.15) is 0 Å². The quantitative estimate of drug-likeness (QED) is 0.867. The van der Waals surface area contributed by atoms with Gasteiger partial charge in [-0.1, -0.05) is 27.5 Å². The van der Waals surface area contributed by atoms with Crippen LogP contribution in [0.25, 0.3) is 11.0 Å². The molecule has 84 valence electrons. The summed E-state index contributed by atoms with van der Waals surface area (Å²) in [6, 6.07) is 3.27. The molecule has 6 heteroatoms. The second kappa shape index (κ2) is 3.99. The summed E-state index contributed by atoms with van der Waals surface area (Å²) in [6.07, 6.45) is -1.20. The molecule has 0 saturated carbocycles. The SMILES string of the molecule is [2H]c1c(N(C)C(=O)O)oc2c(Cl)cc(Br)cc12. The first-order chi connectivity index (χ1) is 7.91. The normalized spacial score (nSPS) is 11.6. The van der Waals surface area contributed by atoms with Crippen molar-refractivity contribution < 1.29 is 15.7 Å².